The van der Waals surface area contributed by atoms with Crippen LogP contribution in [0.3, 0.4) is 0 Å². The zero-order valence-electron chi connectivity index (χ0n) is 10.1. The summed E-state index contributed by atoms with van der Waals surface area (Å²) < 4.78 is 0. The van der Waals surface area contributed by atoms with Crippen LogP contribution >= 0.6 is 0 Å². The molecule has 94 valence electrons. The van der Waals surface area contributed by atoms with Crippen LogP contribution in [0, 0.1) is 5.41 Å². The zero-order valence-corrected chi connectivity index (χ0v) is 10.1. The normalized spacial score (nSPS) is 17.3. The summed E-state index contributed by atoms with van der Waals surface area (Å²) in [5.41, 5.74) is 1.49. The SMILES string of the molecule is O=C(O)C1(CNc2c[nH]c3ccccc23)CCC1. The van der Waals surface area contributed by atoms with E-state index in [1.165, 1.54) is 0 Å². The van der Waals surface area contributed by atoms with Gasteiger partial charge in [0.25, 0.3) is 0 Å². The number of H-pyrrole nitrogens is 1. The molecule has 0 aliphatic heterocycles. The highest BCUT2D eigenvalue weighted by Gasteiger charge is 2.44. The molecule has 3 rings (SSSR count). The molecule has 1 saturated carbocycles. The fraction of sp³-hybridized carbons (Fsp3) is 0.357. The van der Waals surface area contributed by atoms with Crippen molar-refractivity contribution in [2.45, 2.75) is 19.3 Å². The Kier molecular flexibility index (Phi) is 2.51. The van der Waals surface area contributed by atoms with Gasteiger partial charge >= 0.3 is 5.97 Å². The second kappa shape index (κ2) is 4.05. The number of hydrogen-bond acceptors (Lipinski definition) is 2. The summed E-state index contributed by atoms with van der Waals surface area (Å²) in [7, 11) is 0. The zero-order chi connectivity index (χ0) is 12.6. The van der Waals surface area contributed by atoms with E-state index < -0.39 is 11.4 Å². The van der Waals surface area contributed by atoms with Gasteiger partial charge in [0.15, 0.2) is 0 Å². The third kappa shape index (κ3) is 1.65. The predicted octanol–water partition coefficient (Wildman–Crippen LogP) is 2.83. The first kappa shape index (κ1) is 11.1. The Morgan fingerprint density at radius 1 is 1.39 bits per heavy atom. The van der Waals surface area contributed by atoms with Crippen LogP contribution in [0.15, 0.2) is 30.5 Å². The Hall–Kier alpha value is -1.97. The van der Waals surface area contributed by atoms with Crippen molar-refractivity contribution in [2.75, 3.05) is 11.9 Å². The van der Waals surface area contributed by atoms with E-state index >= 15 is 0 Å². The number of aromatic amines is 1. The van der Waals surface area contributed by atoms with E-state index in [9.17, 15) is 9.90 Å². The first-order valence-corrected chi connectivity index (χ1v) is 6.25. The van der Waals surface area contributed by atoms with Crippen LogP contribution in [0.25, 0.3) is 10.9 Å². The van der Waals surface area contributed by atoms with Crippen LogP contribution in [0.2, 0.25) is 0 Å². The van der Waals surface area contributed by atoms with Crippen LogP contribution < -0.4 is 5.32 Å². The second-order valence-corrected chi connectivity index (χ2v) is 5.04. The summed E-state index contributed by atoms with van der Waals surface area (Å²) in [6.45, 7) is 0.504. The van der Waals surface area contributed by atoms with Crippen molar-refractivity contribution in [3.63, 3.8) is 0 Å². The van der Waals surface area contributed by atoms with Crippen molar-refractivity contribution in [1.29, 1.82) is 0 Å². The van der Waals surface area contributed by atoms with Gasteiger partial charge in [0.2, 0.25) is 0 Å². The molecule has 1 aromatic carbocycles. The number of nitrogens with one attached hydrogen (secondary N) is 2. The molecule has 18 heavy (non-hydrogen) atoms. The second-order valence-electron chi connectivity index (χ2n) is 5.04. The number of fused-ring (bicyclic) bond motifs is 1. The van der Waals surface area contributed by atoms with Crippen LogP contribution in [0.4, 0.5) is 5.69 Å². The molecule has 0 atom stereocenters. The van der Waals surface area contributed by atoms with Gasteiger partial charge in [0.05, 0.1) is 11.1 Å². The summed E-state index contributed by atoms with van der Waals surface area (Å²) in [6, 6.07) is 8.00. The van der Waals surface area contributed by atoms with Gasteiger partial charge in [-0.1, -0.05) is 24.6 Å². The van der Waals surface area contributed by atoms with Crippen molar-refractivity contribution >= 4 is 22.6 Å². The average Bonchev–Trinajstić information content (AvgIpc) is 2.71. The van der Waals surface area contributed by atoms with Crippen molar-refractivity contribution < 1.29 is 9.90 Å². The molecule has 1 heterocycles. The van der Waals surface area contributed by atoms with E-state index in [1.807, 2.05) is 30.5 Å². The van der Waals surface area contributed by atoms with Crippen molar-refractivity contribution in [3.8, 4) is 0 Å². The number of anilines is 1. The number of hydrogen-bond donors (Lipinski definition) is 3. The van der Waals surface area contributed by atoms with Gasteiger partial charge in [-0.05, 0) is 18.9 Å². The Labute approximate surface area is 105 Å². The van der Waals surface area contributed by atoms with E-state index in [-0.39, 0.29) is 0 Å². The highest BCUT2D eigenvalue weighted by molar-refractivity contribution is 5.92. The molecule has 0 radical (unpaired) electrons. The smallest absolute Gasteiger partial charge is 0.311 e. The van der Waals surface area contributed by atoms with E-state index in [2.05, 4.69) is 10.3 Å². The summed E-state index contributed by atoms with van der Waals surface area (Å²) in [4.78, 5) is 14.5. The summed E-state index contributed by atoms with van der Waals surface area (Å²) in [5.74, 6) is -0.680. The number of aromatic nitrogens is 1. The lowest BCUT2D eigenvalue weighted by Gasteiger charge is -2.37. The average molecular weight is 244 g/mol. The molecular weight excluding hydrogens is 228 g/mol. The van der Waals surface area contributed by atoms with Crippen LogP contribution in [0.1, 0.15) is 19.3 Å². The Morgan fingerprint density at radius 2 is 2.17 bits per heavy atom. The van der Waals surface area contributed by atoms with E-state index in [1.54, 1.807) is 0 Å². The summed E-state index contributed by atoms with van der Waals surface area (Å²) in [6.07, 6.45) is 4.47. The minimum Gasteiger partial charge on any atom is -0.481 e. The van der Waals surface area contributed by atoms with Gasteiger partial charge in [-0.25, -0.2) is 0 Å². The molecule has 1 aliphatic carbocycles. The maximum absolute atomic E-state index is 11.3. The van der Waals surface area contributed by atoms with Gasteiger partial charge < -0.3 is 15.4 Å². The molecule has 1 aliphatic rings. The van der Waals surface area contributed by atoms with E-state index in [4.69, 9.17) is 0 Å². The number of carbonyl (C=O) groups is 1. The first-order valence-electron chi connectivity index (χ1n) is 6.25. The molecule has 0 unspecified atom stereocenters. The quantitative estimate of drug-likeness (QED) is 0.774. The summed E-state index contributed by atoms with van der Waals surface area (Å²) in [5, 5.41) is 13.7. The van der Waals surface area contributed by atoms with Gasteiger partial charge in [-0.3, -0.25) is 4.79 Å². The van der Waals surface area contributed by atoms with Crippen molar-refractivity contribution in [3.05, 3.63) is 30.5 Å². The van der Waals surface area contributed by atoms with Gasteiger partial charge in [0.1, 0.15) is 0 Å². The van der Waals surface area contributed by atoms with Crippen molar-refractivity contribution in [1.82, 2.24) is 4.98 Å². The molecule has 0 bridgehead atoms. The van der Waals surface area contributed by atoms with Crippen LogP contribution in [-0.4, -0.2) is 22.6 Å². The van der Waals surface area contributed by atoms with Crippen molar-refractivity contribution in [2.24, 2.45) is 5.41 Å². The molecule has 3 N–H and O–H groups in total. The minimum atomic E-state index is -0.680. The number of rotatable bonds is 4. The molecule has 1 aromatic heterocycles. The lowest BCUT2D eigenvalue weighted by Crippen LogP contribution is -2.43. The number of carboxylic acids is 1. The maximum Gasteiger partial charge on any atom is 0.311 e. The van der Waals surface area contributed by atoms with Gasteiger partial charge in [-0.15, -0.1) is 0 Å². The standard InChI is InChI=1S/C14H16N2O2/c17-13(18)14(6-3-7-14)9-16-12-8-15-11-5-2-1-4-10(11)12/h1-2,4-5,8,15-16H,3,6-7,9H2,(H,17,18). The third-order valence-electron chi connectivity index (χ3n) is 3.97. The van der Waals surface area contributed by atoms with Crippen LogP contribution in [0.5, 0.6) is 0 Å². The monoisotopic (exact) mass is 244 g/mol. The van der Waals surface area contributed by atoms with Gasteiger partial charge in [-0.2, -0.15) is 0 Å². The molecule has 0 saturated heterocycles. The molecule has 2 aromatic rings. The number of aliphatic carboxylic acids is 1. The molecule has 0 spiro atoms. The Morgan fingerprint density at radius 3 is 2.83 bits per heavy atom. The van der Waals surface area contributed by atoms with Gasteiger partial charge in [0, 0.05) is 23.6 Å². The molecule has 4 nitrogen and oxygen atoms in total. The first-order chi connectivity index (χ1) is 8.71. The fourth-order valence-corrected chi connectivity index (χ4v) is 2.55. The molecule has 0 amide bonds. The summed E-state index contributed by atoms with van der Waals surface area (Å²) >= 11 is 0. The number of benzene rings is 1. The lowest BCUT2D eigenvalue weighted by molar-refractivity contribution is -0.153. The minimum absolute atomic E-state index is 0.504. The lowest BCUT2D eigenvalue weighted by atomic mass is 9.69. The number of carboxylic acid groups (broad SMARTS) is 1. The highest BCUT2D eigenvalue weighted by Crippen LogP contribution is 2.41. The Balaban J connectivity index is 1.79. The topological polar surface area (TPSA) is 65.1 Å². The van der Waals surface area contributed by atoms with E-state index in [0.717, 1.165) is 35.9 Å². The third-order valence-corrected chi connectivity index (χ3v) is 3.97. The Bertz CT molecular complexity index is 584. The predicted molar refractivity (Wildman–Crippen MR) is 70.7 cm³/mol. The van der Waals surface area contributed by atoms with E-state index in [0.29, 0.717) is 6.54 Å². The number of para-hydroxylation sites is 1. The molecule has 1 fully saturated rings. The fourth-order valence-electron chi connectivity index (χ4n) is 2.55. The molecular formula is C14H16N2O2. The largest absolute Gasteiger partial charge is 0.481 e. The maximum atomic E-state index is 11.3. The highest BCUT2D eigenvalue weighted by atomic mass is 16.4. The molecule has 4 heteroatoms. The van der Waals surface area contributed by atoms with Crippen LogP contribution in [-0.2, 0) is 4.79 Å².